The first kappa shape index (κ1) is 11.2. The Morgan fingerprint density at radius 1 is 1.50 bits per heavy atom. The normalized spacial score (nSPS) is 10.2. The van der Waals surface area contributed by atoms with E-state index in [1.54, 1.807) is 12.1 Å². The summed E-state index contributed by atoms with van der Waals surface area (Å²) in [6, 6.07) is 5.39. The Labute approximate surface area is 89.3 Å². The SMILES string of the molecule is CCNCC(=O)c1ccc(C)c(Cl)c1. The third-order valence-electron chi connectivity index (χ3n) is 2.03. The fourth-order valence-electron chi connectivity index (χ4n) is 1.11. The summed E-state index contributed by atoms with van der Waals surface area (Å²) >= 11 is 5.92. The highest BCUT2D eigenvalue weighted by Crippen LogP contribution is 2.16. The molecule has 0 bridgehead atoms. The third kappa shape index (κ3) is 2.82. The van der Waals surface area contributed by atoms with Crippen molar-refractivity contribution in [3.05, 3.63) is 34.3 Å². The Morgan fingerprint density at radius 2 is 2.21 bits per heavy atom. The molecule has 1 aromatic carbocycles. The van der Waals surface area contributed by atoms with E-state index < -0.39 is 0 Å². The molecular weight excluding hydrogens is 198 g/mol. The van der Waals surface area contributed by atoms with Gasteiger partial charge >= 0.3 is 0 Å². The molecule has 0 aromatic heterocycles. The van der Waals surface area contributed by atoms with Crippen molar-refractivity contribution in [2.75, 3.05) is 13.1 Å². The molecular formula is C11H14ClNO. The van der Waals surface area contributed by atoms with Gasteiger partial charge in [-0.1, -0.05) is 30.7 Å². The largest absolute Gasteiger partial charge is 0.310 e. The Balaban J connectivity index is 2.76. The van der Waals surface area contributed by atoms with Gasteiger partial charge in [0, 0.05) is 10.6 Å². The number of hydrogen-bond acceptors (Lipinski definition) is 2. The molecule has 1 aromatic rings. The summed E-state index contributed by atoms with van der Waals surface area (Å²) < 4.78 is 0. The molecule has 0 aliphatic rings. The molecule has 2 nitrogen and oxygen atoms in total. The van der Waals surface area contributed by atoms with Gasteiger partial charge in [-0.15, -0.1) is 0 Å². The smallest absolute Gasteiger partial charge is 0.176 e. The van der Waals surface area contributed by atoms with Crippen LogP contribution < -0.4 is 5.32 Å². The number of ketones is 1. The average Bonchev–Trinajstić information content (AvgIpc) is 2.18. The van der Waals surface area contributed by atoms with Gasteiger partial charge in [0.15, 0.2) is 5.78 Å². The maximum atomic E-state index is 11.5. The summed E-state index contributed by atoms with van der Waals surface area (Å²) in [7, 11) is 0. The summed E-state index contributed by atoms with van der Waals surface area (Å²) in [5.41, 5.74) is 1.66. The first-order valence-electron chi connectivity index (χ1n) is 4.65. The van der Waals surface area contributed by atoms with Gasteiger partial charge in [0.2, 0.25) is 0 Å². The van der Waals surface area contributed by atoms with Gasteiger partial charge in [0.25, 0.3) is 0 Å². The van der Waals surface area contributed by atoms with Crippen molar-refractivity contribution in [1.82, 2.24) is 5.32 Å². The summed E-state index contributed by atoms with van der Waals surface area (Å²) in [6.45, 7) is 5.05. The minimum Gasteiger partial charge on any atom is -0.310 e. The lowest BCUT2D eigenvalue weighted by Crippen LogP contribution is -2.22. The van der Waals surface area contributed by atoms with Gasteiger partial charge in [-0.05, 0) is 25.1 Å². The van der Waals surface area contributed by atoms with Crippen LogP contribution in [0.1, 0.15) is 22.8 Å². The number of rotatable bonds is 4. The predicted octanol–water partition coefficient (Wildman–Crippen LogP) is 2.44. The van der Waals surface area contributed by atoms with Crippen LogP contribution in [-0.4, -0.2) is 18.9 Å². The maximum Gasteiger partial charge on any atom is 0.176 e. The van der Waals surface area contributed by atoms with Crippen LogP contribution in [0.5, 0.6) is 0 Å². The topological polar surface area (TPSA) is 29.1 Å². The van der Waals surface area contributed by atoms with E-state index in [0.717, 1.165) is 12.1 Å². The molecule has 1 N–H and O–H groups in total. The van der Waals surface area contributed by atoms with Gasteiger partial charge < -0.3 is 5.32 Å². The summed E-state index contributed by atoms with van der Waals surface area (Å²) in [6.07, 6.45) is 0. The zero-order valence-corrected chi connectivity index (χ0v) is 9.19. The van der Waals surface area contributed by atoms with Crippen molar-refractivity contribution in [2.24, 2.45) is 0 Å². The second-order valence-corrected chi connectivity index (χ2v) is 3.57. The van der Waals surface area contributed by atoms with Crippen LogP contribution in [0.2, 0.25) is 5.02 Å². The Hall–Kier alpha value is -0.860. The molecule has 0 aliphatic carbocycles. The molecule has 0 atom stereocenters. The highest BCUT2D eigenvalue weighted by Gasteiger charge is 2.06. The summed E-state index contributed by atoms with van der Waals surface area (Å²) in [5.74, 6) is 0.0775. The highest BCUT2D eigenvalue weighted by molar-refractivity contribution is 6.31. The first-order chi connectivity index (χ1) is 6.65. The standard InChI is InChI=1S/C11H14ClNO/c1-3-13-7-11(14)9-5-4-8(2)10(12)6-9/h4-6,13H,3,7H2,1-2H3. The number of benzene rings is 1. The zero-order chi connectivity index (χ0) is 10.6. The Morgan fingerprint density at radius 3 is 2.79 bits per heavy atom. The minimum atomic E-state index is 0.0775. The third-order valence-corrected chi connectivity index (χ3v) is 2.44. The molecule has 1 rings (SSSR count). The lowest BCUT2D eigenvalue weighted by molar-refractivity contribution is 0.0992. The van der Waals surface area contributed by atoms with Crippen LogP contribution in [0.4, 0.5) is 0 Å². The minimum absolute atomic E-state index is 0.0775. The highest BCUT2D eigenvalue weighted by atomic mass is 35.5. The van der Waals surface area contributed by atoms with E-state index in [1.165, 1.54) is 0 Å². The Kier molecular flexibility index (Phi) is 4.11. The van der Waals surface area contributed by atoms with E-state index in [9.17, 15) is 4.79 Å². The zero-order valence-electron chi connectivity index (χ0n) is 8.43. The van der Waals surface area contributed by atoms with Crippen LogP contribution in [0.15, 0.2) is 18.2 Å². The van der Waals surface area contributed by atoms with E-state index in [1.807, 2.05) is 19.9 Å². The lowest BCUT2D eigenvalue weighted by Gasteiger charge is -2.03. The summed E-state index contributed by atoms with van der Waals surface area (Å²) in [4.78, 5) is 11.5. The van der Waals surface area contributed by atoms with Crippen LogP contribution in [0.3, 0.4) is 0 Å². The van der Waals surface area contributed by atoms with Crippen LogP contribution >= 0.6 is 11.6 Å². The van der Waals surface area contributed by atoms with Crippen molar-refractivity contribution >= 4 is 17.4 Å². The second kappa shape index (κ2) is 5.13. The van der Waals surface area contributed by atoms with Crippen molar-refractivity contribution in [3.8, 4) is 0 Å². The summed E-state index contributed by atoms with van der Waals surface area (Å²) in [5, 5.41) is 3.63. The molecule has 3 heteroatoms. The number of hydrogen-bond donors (Lipinski definition) is 1. The van der Waals surface area contributed by atoms with Crippen LogP contribution in [-0.2, 0) is 0 Å². The molecule has 0 radical (unpaired) electrons. The molecule has 0 amide bonds. The molecule has 0 spiro atoms. The van der Waals surface area contributed by atoms with Crippen molar-refractivity contribution in [1.29, 1.82) is 0 Å². The molecule has 0 saturated carbocycles. The van der Waals surface area contributed by atoms with E-state index in [2.05, 4.69) is 5.32 Å². The molecule has 14 heavy (non-hydrogen) atoms. The number of carbonyl (C=O) groups excluding carboxylic acids is 1. The number of likely N-dealkylation sites (N-methyl/N-ethyl adjacent to an activating group) is 1. The van der Waals surface area contributed by atoms with E-state index in [-0.39, 0.29) is 5.78 Å². The van der Waals surface area contributed by atoms with Crippen molar-refractivity contribution in [2.45, 2.75) is 13.8 Å². The van der Waals surface area contributed by atoms with E-state index in [4.69, 9.17) is 11.6 Å². The van der Waals surface area contributed by atoms with Crippen molar-refractivity contribution in [3.63, 3.8) is 0 Å². The number of Topliss-reactive ketones (excluding diaryl/α,β-unsaturated/α-hetero) is 1. The predicted molar refractivity (Wildman–Crippen MR) is 59.1 cm³/mol. The van der Waals surface area contributed by atoms with Crippen LogP contribution in [0.25, 0.3) is 0 Å². The molecule has 0 unspecified atom stereocenters. The molecule has 0 fully saturated rings. The van der Waals surface area contributed by atoms with E-state index >= 15 is 0 Å². The molecule has 76 valence electrons. The van der Waals surface area contributed by atoms with Gasteiger partial charge in [0.1, 0.15) is 0 Å². The number of nitrogens with one attached hydrogen (secondary N) is 1. The van der Waals surface area contributed by atoms with Gasteiger partial charge in [-0.2, -0.15) is 0 Å². The second-order valence-electron chi connectivity index (χ2n) is 3.17. The number of halogens is 1. The lowest BCUT2D eigenvalue weighted by atomic mass is 10.1. The quantitative estimate of drug-likeness (QED) is 0.776. The van der Waals surface area contributed by atoms with Gasteiger partial charge in [-0.3, -0.25) is 4.79 Å². The molecule has 0 saturated heterocycles. The van der Waals surface area contributed by atoms with E-state index in [0.29, 0.717) is 17.1 Å². The van der Waals surface area contributed by atoms with Gasteiger partial charge in [-0.25, -0.2) is 0 Å². The monoisotopic (exact) mass is 211 g/mol. The van der Waals surface area contributed by atoms with Crippen LogP contribution in [0, 0.1) is 6.92 Å². The first-order valence-corrected chi connectivity index (χ1v) is 5.03. The van der Waals surface area contributed by atoms with Crippen molar-refractivity contribution < 1.29 is 4.79 Å². The van der Waals surface area contributed by atoms with Gasteiger partial charge in [0.05, 0.1) is 6.54 Å². The maximum absolute atomic E-state index is 11.5. The molecule has 0 aliphatic heterocycles. The Bertz CT molecular complexity index is 336. The fraction of sp³-hybridized carbons (Fsp3) is 0.364. The fourth-order valence-corrected chi connectivity index (χ4v) is 1.29. The number of carbonyl (C=O) groups is 1. The molecule has 0 heterocycles. The average molecular weight is 212 g/mol. The number of aryl methyl sites for hydroxylation is 1.